The molecule has 0 spiro atoms. The van der Waals surface area contributed by atoms with Crippen molar-refractivity contribution in [3.63, 3.8) is 0 Å². The first-order chi connectivity index (χ1) is 6.77. The summed E-state index contributed by atoms with van der Waals surface area (Å²) in [6, 6.07) is 0.930. The molecule has 1 fully saturated rings. The minimum Gasteiger partial charge on any atom is -0.313 e. The fraction of sp³-hybridized carbons (Fsp3) is 0.600. The molecule has 0 aromatic rings. The lowest BCUT2D eigenvalue weighted by Gasteiger charge is -2.30. The molecule has 14 heavy (non-hydrogen) atoms. The van der Waals surface area contributed by atoms with Gasteiger partial charge in [0.15, 0.2) is 0 Å². The fourth-order valence-electron chi connectivity index (χ4n) is 2.55. The Kier molecular flexibility index (Phi) is 1.48. The van der Waals surface area contributed by atoms with Gasteiger partial charge in [-0.2, -0.15) is 0 Å². The third-order valence-corrected chi connectivity index (χ3v) is 3.32. The van der Waals surface area contributed by atoms with Crippen LogP contribution in [0.1, 0.15) is 19.3 Å². The Morgan fingerprint density at radius 2 is 2.36 bits per heavy atom. The van der Waals surface area contributed by atoms with Crippen LogP contribution < -0.4 is 0 Å². The molecule has 1 amide bonds. The summed E-state index contributed by atoms with van der Waals surface area (Å²) in [5, 5.41) is 0. The zero-order valence-corrected chi connectivity index (χ0v) is 8.18. The third-order valence-electron chi connectivity index (χ3n) is 3.32. The second kappa shape index (κ2) is 2.59. The van der Waals surface area contributed by atoms with Gasteiger partial charge >= 0.3 is 0 Å². The predicted octanol–water partition coefficient (Wildman–Crippen LogP) is 0.565. The summed E-state index contributed by atoms with van der Waals surface area (Å²) in [7, 11) is 1.79. The number of nitrogens with zero attached hydrogens (tertiary/aromatic N) is 3. The Labute approximate surface area is 82.9 Å². The first-order valence-corrected chi connectivity index (χ1v) is 5.09. The summed E-state index contributed by atoms with van der Waals surface area (Å²) in [6.07, 6.45) is 7.13. The SMILES string of the molecule is CN1C(=O)C=CN2C1=N[C@@H]1CCC[C@@H]12. The van der Waals surface area contributed by atoms with Crippen LogP contribution in [0.5, 0.6) is 0 Å². The normalized spacial score (nSPS) is 34.6. The van der Waals surface area contributed by atoms with Crippen LogP contribution in [0.25, 0.3) is 0 Å². The van der Waals surface area contributed by atoms with Crippen molar-refractivity contribution in [3.8, 4) is 0 Å². The highest BCUT2D eigenvalue weighted by atomic mass is 16.2. The van der Waals surface area contributed by atoms with Crippen LogP contribution in [0.3, 0.4) is 0 Å². The zero-order valence-electron chi connectivity index (χ0n) is 8.18. The van der Waals surface area contributed by atoms with E-state index in [2.05, 4.69) is 9.89 Å². The molecule has 0 aromatic carbocycles. The van der Waals surface area contributed by atoms with E-state index in [0.717, 1.165) is 5.96 Å². The van der Waals surface area contributed by atoms with Gasteiger partial charge in [0.05, 0.1) is 12.1 Å². The number of guanidine groups is 1. The molecule has 2 aliphatic heterocycles. The molecule has 3 aliphatic rings. The quantitative estimate of drug-likeness (QED) is 0.561. The van der Waals surface area contributed by atoms with Crippen LogP contribution in [0.15, 0.2) is 17.3 Å². The number of rotatable bonds is 0. The van der Waals surface area contributed by atoms with Crippen LogP contribution in [-0.2, 0) is 4.79 Å². The summed E-state index contributed by atoms with van der Waals surface area (Å²) < 4.78 is 0. The van der Waals surface area contributed by atoms with E-state index < -0.39 is 0 Å². The van der Waals surface area contributed by atoms with Crippen LogP contribution in [-0.4, -0.2) is 40.8 Å². The van der Waals surface area contributed by atoms with Gasteiger partial charge in [0.1, 0.15) is 0 Å². The third kappa shape index (κ3) is 0.882. The minimum absolute atomic E-state index is 0.0278. The molecular weight excluding hydrogens is 178 g/mol. The molecule has 1 aliphatic carbocycles. The van der Waals surface area contributed by atoms with E-state index >= 15 is 0 Å². The second-order valence-electron chi connectivity index (χ2n) is 4.11. The van der Waals surface area contributed by atoms with Crippen molar-refractivity contribution in [2.24, 2.45) is 4.99 Å². The van der Waals surface area contributed by atoms with Gasteiger partial charge < -0.3 is 4.90 Å². The molecule has 74 valence electrons. The molecular formula is C10H13N3O. The average molecular weight is 191 g/mol. The molecule has 0 aromatic heterocycles. The van der Waals surface area contributed by atoms with Gasteiger partial charge in [0.25, 0.3) is 5.91 Å². The molecule has 0 bridgehead atoms. The molecule has 4 heteroatoms. The van der Waals surface area contributed by atoms with Gasteiger partial charge in [-0.25, -0.2) is 4.99 Å². The molecule has 0 N–H and O–H groups in total. The van der Waals surface area contributed by atoms with Crippen molar-refractivity contribution in [2.75, 3.05) is 7.05 Å². The number of hydrogen-bond acceptors (Lipinski definition) is 3. The number of likely N-dealkylation sites (N-methyl/N-ethyl adjacent to an activating group) is 1. The average Bonchev–Trinajstić information content (AvgIpc) is 2.71. The fourth-order valence-corrected chi connectivity index (χ4v) is 2.55. The summed E-state index contributed by atoms with van der Waals surface area (Å²) in [5.41, 5.74) is 0. The van der Waals surface area contributed by atoms with Gasteiger partial charge in [-0.3, -0.25) is 9.69 Å². The maximum absolute atomic E-state index is 11.4. The van der Waals surface area contributed by atoms with E-state index in [4.69, 9.17) is 0 Å². The second-order valence-corrected chi connectivity index (χ2v) is 4.11. The number of carbonyl (C=O) groups excluding carboxylic acids is 1. The summed E-state index contributed by atoms with van der Waals surface area (Å²) in [6.45, 7) is 0. The van der Waals surface area contributed by atoms with E-state index in [1.807, 2.05) is 6.20 Å². The minimum atomic E-state index is 0.0278. The van der Waals surface area contributed by atoms with Crippen molar-refractivity contribution in [2.45, 2.75) is 31.3 Å². The maximum atomic E-state index is 11.4. The predicted molar refractivity (Wildman–Crippen MR) is 52.6 cm³/mol. The number of hydrogen-bond donors (Lipinski definition) is 0. The largest absolute Gasteiger partial charge is 0.313 e. The van der Waals surface area contributed by atoms with Gasteiger partial charge in [-0.1, -0.05) is 0 Å². The number of carbonyl (C=O) groups is 1. The first kappa shape index (κ1) is 8.03. The smallest absolute Gasteiger partial charge is 0.254 e. The van der Waals surface area contributed by atoms with Crippen molar-refractivity contribution >= 4 is 11.9 Å². The summed E-state index contributed by atoms with van der Waals surface area (Å²) in [5.74, 6) is 0.868. The van der Waals surface area contributed by atoms with Crippen LogP contribution >= 0.6 is 0 Å². The molecule has 4 nitrogen and oxygen atoms in total. The molecule has 0 saturated heterocycles. The molecule has 3 rings (SSSR count). The van der Waals surface area contributed by atoms with Gasteiger partial charge in [0, 0.05) is 19.3 Å². The topological polar surface area (TPSA) is 35.9 Å². The van der Waals surface area contributed by atoms with E-state index in [1.54, 1.807) is 18.0 Å². The maximum Gasteiger partial charge on any atom is 0.254 e. The van der Waals surface area contributed by atoms with Crippen LogP contribution in [0.4, 0.5) is 0 Å². The van der Waals surface area contributed by atoms with Crippen LogP contribution in [0, 0.1) is 0 Å². The Balaban J connectivity index is 2.00. The first-order valence-electron chi connectivity index (χ1n) is 5.09. The standard InChI is InChI=1S/C10H13N3O/c1-12-9(14)5-6-13-8-4-2-3-7(8)11-10(12)13/h5-8H,2-4H2,1H3/t7-,8+/m1/s1. The zero-order chi connectivity index (χ0) is 9.71. The highest BCUT2D eigenvalue weighted by Gasteiger charge is 2.41. The van der Waals surface area contributed by atoms with Crippen molar-refractivity contribution in [1.82, 2.24) is 9.80 Å². The van der Waals surface area contributed by atoms with E-state index in [9.17, 15) is 4.79 Å². The van der Waals surface area contributed by atoms with Crippen LogP contribution in [0.2, 0.25) is 0 Å². The Morgan fingerprint density at radius 1 is 1.50 bits per heavy atom. The lowest BCUT2D eigenvalue weighted by molar-refractivity contribution is -0.122. The number of fused-ring (bicyclic) bond motifs is 3. The summed E-state index contributed by atoms with van der Waals surface area (Å²) in [4.78, 5) is 19.8. The number of aliphatic imine (C=N–C) groups is 1. The summed E-state index contributed by atoms with van der Waals surface area (Å²) >= 11 is 0. The molecule has 2 atom stereocenters. The van der Waals surface area contributed by atoms with Gasteiger partial charge in [0.2, 0.25) is 5.96 Å². The highest BCUT2D eigenvalue weighted by molar-refractivity contribution is 6.05. The molecule has 1 saturated carbocycles. The van der Waals surface area contributed by atoms with Gasteiger partial charge in [-0.15, -0.1) is 0 Å². The molecule has 0 unspecified atom stereocenters. The van der Waals surface area contributed by atoms with E-state index in [0.29, 0.717) is 12.1 Å². The lowest BCUT2D eigenvalue weighted by atomic mass is 10.2. The monoisotopic (exact) mass is 191 g/mol. The Bertz CT molecular complexity index is 347. The Morgan fingerprint density at radius 3 is 3.21 bits per heavy atom. The number of amides is 1. The highest BCUT2D eigenvalue weighted by Crippen LogP contribution is 2.33. The van der Waals surface area contributed by atoms with E-state index in [-0.39, 0.29) is 5.91 Å². The lowest BCUT2D eigenvalue weighted by Crippen LogP contribution is -2.46. The molecule has 2 heterocycles. The van der Waals surface area contributed by atoms with Crippen molar-refractivity contribution in [1.29, 1.82) is 0 Å². The van der Waals surface area contributed by atoms with Crippen molar-refractivity contribution in [3.05, 3.63) is 12.3 Å². The van der Waals surface area contributed by atoms with Crippen molar-refractivity contribution < 1.29 is 4.79 Å². The van der Waals surface area contributed by atoms with Gasteiger partial charge in [-0.05, 0) is 19.3 Å². The Hall–Kier alpha value is -1.32. The van der Waals surface area contributed by atoms with E-state index in [1.165, 1.54) is 19.3 Å². The molecule has 0 radical (unpaired) electrons.